The van der Waals surface area contributed by atoms with Crippen LogP contribution in [0.1, 0.15) is 17.3 Å². The Bertz CT molecular complexity index is 448. The third kappa shape index (κ3) is 2.41. The van der Waals surface area contributed by atoms with Gasteiger partial charge >= 0.3 is 5.97 Å². The van der Waals surface area contributed by atoms with E-state index in [9.17, 15) is 4.79 Å². The molecular formula is C13H18N2O3. The lowest BCUT2D eigenvalue weighted by Crippen LogP contribution is -2.44. The Balaban J connectivity index is 2.33. The number of hydrogen-bond acceptors (Lipinski definition) is 5. The van der Waals surface area contributed by atoms with E-state index in [1.807, 2.05) is 0 Å². The quantitative estimate of drug-likeness (QED) is 0.632. The van der Waals surface area contributed by atoms with Gasteiger partial charge in [-0.15, -0.1) is 0 Å². The minimum absolute atomic E-state index is 0.244. The summed E-state index contributed by atoms with van der Waals surface area (Å²) in [4.78, 5) is 13.7. The van der Waals surface area contributed by atoms with E-state index in [2.05, 4.69) is 11.8 Å². The first-order chi connectivity index (χ1) is 8.63. The topological polar surface area (TPSA) is 64.8 Å². The fourth-order valence-electron chi connectivity index (χ4n) is 2.12. The molecule has 5 nitrogen and oxygen atoms in total. The molecule has 18 heavy (non-hydrogen) atoms. The number of rotatable bonds is 2. The number of carbonyl (C=O) groups is 1. The molecule has 1 unspecified atom stereocenters. The maximum Gasteiger partial charge on any atom is 0.337 e. The van der Waals surface area contributed by atoms with Gasteiger partial charge in [0.05, 0.1) is 37.3 Å². The number of hydrogen-bond donors (Lipinski definition) is 1. The molecule has 0 bridgehead atoms. The van der Waals surface area contributed by atoms with Crippen LogP contribution < -0.4 is 10.6 Å². The second-order valence-electron chi connectivity index (χ2n) is 4.38. The van der Waals surface area contributed by atoms with Crippen LogP contribution in [0.5, 0.6) is 0 Å². The van der Waals surface area contributed by atoms with E-state index in [0.717, 1.165) is 12.2 Å². The zero-order chi connectivity index (χ0) is 13.1. The Morgan fingerprint density at radius 3 is 3.00 bits per heavy atom. The predicted octanol–water partition coefficient (Wildman–Crippen LogP) is 1.28. The average Bonchev–Trinajstić information content (AvgIpc) is 2.39. The van der Waals surface area contributed by atoms with Crippen LogP contribution in [0, 0.1) is 0 Å². The average molecular weight is 250 g/mol. The highest BCUT2D eigenvalue weighted by Crippen LogP contribution is 2.27. The third-order valence-electron chi connectivity index (χ3n) is 3.13. The number of methoxy groups -OCH3 is 1. The van der Waals surface area contributed by atoms with Gasteiger partial charge in [-0.1, -0.05) is 0 Å². The highest BCUT2D eigenvalue weighted by molar-refractivity contribution is 5.92. The number of benzene rings is 1. The van der Waals surface area contributed by atoms with Crippen molar-refractivity contribution in [1.29, 1.82) is 0 Å². The van der Waals surface area contributed by atoms with E-state index in [-0.39, 0.29) is 12.0 Å². The van der Waals surface area contributed by atoms with Crippen molar-refractivity contribution in [3.63, 3.8) is 0 Å². The number of nitrogens with zero attached hydrogens (tertiary/aromatic N) is 1. The summed E-state index contributed by atoms with van der Waals surface area (Å²) in [5.74, 6) is -0.350. The Kier molecular flexibility index (Phi) is 3.72. The second-order valence-corrected chi connectivity index (χ2v) is 4.38. The van der Waals surface area contributed by atoms with Gasteiger partial charge in [-0.05, 0) is 25.1 Å². The van der Waals surface area contributed by atoms with Crippen molar-refractivity contribution in [2.24, 2.45) is 0 Å². The molecule has 5 heteroatoms. The standard InChI is InChI=1S/C13H18N2O3/c1-9-8-18-6-5-15(9)12-7-10(13(16)17-2)3-4-11(12)14/h3-4,7,9H,5-6,8,14H2,1-2H3. The molecule has 1 fully saturated rings. The maximum absolute atomic E-state index is 11.5. The van der Waals surface area contributed by atoms with Crippen molar-refractivity contribution < 1.29 is 14.3 Å². The van der Waals surface area contributed by atoms with Crippen molar-refractivity contribution in [3.8, 4) is 0 Å². The number of morpholine rings is 1. The summed E-state index contributed by atoms with van der Waals surface area (Å²) in [6, 6.07) is 5.44. The van der Waals surface area contributed by atoms with Gasteiger partial charge in [0, 0.05) is 12.6 Å². The molecule has 1 atom stereocenters. The highest BCUT2D eigenvalue weighted by atomic mass is 16.5. The van der Waals surface area contributed by atoms with Crippen molar-refractivity contribution in [2.45, 2.75) is 13.0 Å². The number of esters is 1. The lowest BCUT2D eigenvalue weighted by atomic mass is 10.1. The molecule has 1 heterocycles. The van der Waals surface area contributed by atoms with Crippen LogP contribution in [0.3, 0.4) is 0 Å². The van der Waals surface area contributed by atoms with Crippen molar-refractivity contribution in [3.05, 3.63) is 23.8 Å². The predicted molar refractivity (Wildman–Crippen MR) is 69.8 cm³/mol. The van der Waals surface area contributed by atoms with E-state index in [1.165, 1.54) is 7.11 Å². The van der Waals surface area contributed by atoms with Crippen LogP contribution in [-0.2, 0) is 9.47 Å². The summed E-state index contributed by atoms with van der Waals surface area (Å²) < 4.78 is 10.1. The number of nitrogens with two attached hydrogens (primary N) is 1. The molecule has 1 aromatic rings. The zero-order valence-electron chi connectivity index (χ0n) is 10.7. The van der Waals surface area contributed by atoms with Gasteiger partial charge in [0.25, 0.3) is 0 Å². The van der Waals surface area contributed by atoms with Crippen LogP contribution in [0.25, 0.3) is 0 Å². The number of ether oxygens (including phenoxy) is 2. The zero-order valence-corrected chi connectivity index (χ0v) is 10.7. The molecule has 1 aromatic carbocycles. The normalized spacial score (nSPS) is 19.7. The van der Waals surface area contributed by atoms with Gasteiger partial charge in [-0.25, -0.2) is 4.79 Å². The summed E-state index contributed by atoms with van der Waals surface area (Å²) in [5.41, 5.74) is 8.04. The Hall–Kier alpha value is -1.75. The van der Waals surface area contributed by atoms with Crippen LogP contribution >= 0.6 is 0 Å². The first-order valence-electron chi connectivity index (χ1n) is 5.95. The molecule has 2 rings (SSSR count). The van der Waals surface area contributed by atoms with E-state index in [4.69, 9.17) is 15.2 Å². The van der Waals surface area contributed by atoms with E-state index < -0.39 is 0 Å². The number of nitrogen functional groups attached to an aromatic ring is 1. The first kappa shape index (κ1) is 12.7. The van der Waals surface area contributed by atoms with Gasteiger partial charge in [-0.3, -0.25) is 0 Å². The molecule has 2 N–H and O–H groups in total. The fourth-order valence-corrected chi connectivity index (χ4v) is 2.12. The first-order valence-corrected chi connectivity index (χ1v) is 5.95. The summed E-state index contributed by atoms with van der Waals surface area (Å²) >= 11 is 0. The summed E-state index contributed by atoms with van der Waals surface area (Å²) in [5, 5.41) is 0. The molecule has 0 radical (unpaired) electrons. The van der Waals surface area contributed by atoms with Gasteiger partial charge in [0.15, 0.2) is 0 Å². The minimum Gasteiger partial charge on any atom is -0.465 e. The highest BCUT2D eigenvalue weighted by Gasteiger charge is 2.22. The Labute approximate surface area is 106 Å². The molecule has 98 valence electrons. The van der Waals surface area contributed by atoms with E-state index >= 15 is 0 Å². The van der Waals surface area contributed by atoms with Crippen LogP contribution in [0.2, 0.25) is 0 Å². The van der Waals surface area contributed by atoms with E-state index in [1.54, 1.807) is 18.2 Å². The summed E-state index contributed by atoms with van der Waals surface area (Å²) in [6.45, 7) is 4.19. The van der Waals surface area contributed by atoms with Crippen LogP contribution in [-0.4, -0.2) is 38.9 Å². The monoisotopic (exact) mass is 250 g/mol. The second kappa shape index (κ2) is 5.27. The van der Waals surface area contributed by atoms with Gasteiger partial charge in [-0.2, -0.15) is 0 Å². The minimum atomic E-state index is -0.350. The van der Waals surface area contributed by atoms with E-state index in [0.29, 0.717) is 24.5 Å². The van der Waals surface area contributed by atoms with Gasteiger partial charge in [0.1, 0.15) is 0 Å². The number of carbonyl (C=O) groups excluding carboxylic acids is 1. The summed E-state index contributed by atoms with van der Waals surface area (Å²) in [6.07, 6.45) is 0. The van der Waals surface area contributed by atoms with Crippen LogP contribution in [0.15, 0.2) is 18.2 Å². The SMILES string of the molecule is COC(=O)c1ccc(N)c(N2CCOCC2C)c1. The third-order valence-corrected chi connectivity index (χ3v) is 3.13. The molecule has 0 aromatic heterocycles. The molecule has 0 aliphatic carbocycles. The van der Waals surface area contributed by atoms with Crippen LogP contribution in [0.4, 0.5) is 11.4 Å². The number of anilines is 2. The lowest BCUT2D eigenvalue weighted by Gasteiger charge is -2.36. The fraction of sp³-hybridized carbons (Fsp3) is 0.462. The smallest absolute Gasteiger partial charge is 0.337 e. The molecular weight excluding hydrogens is 232 g/mol. The molecule has 1 saturated heterocycles. The molecule has 0 spiro atoms. The van der Waals surface area contributed by atoms with Gasteiger partial charge < -0.3 is 20.1 Å². The lowest BCUT2D eigenvalue weighted by molar-refractivity contribution is 0.0600. The molecule has 1 aliphatic rings. The van der Waals surface area contributed by atoms with Crippen molar-refractivity contribution in [2.75, 3.05) is 37.5 Å². The molecule has 0 saturated carbocycles. The Morgan fingerprint density at radius 2 is 2.33 bits per heavy atom. The van der Waals surface area contributed by atoms with Crippen molar-refractivity contribution in [1.82, 2.24) is 0 Å². The van der Waals surface area contributed by atoms with Gasteiger partial charge in [0.2, 0.25) is 0 Å². The largest absolute Gasteiger partial charge is 0.465 e. The molecule has 0 amide bonds. The van der Waals surface area contributed by atoms with Crippen molar-refractivity contribution >= 4 is 17.3 Å². The summed E-state index contributed by atoms with van der Waals surface area (Å²) in [7, 11) is 1.37. The molecule has 1 aliphatic heterocycles. The maximum atomic E-state index is 11.5. The Morgan fingerprint density at radius 1 is 1.56 bits per heavy atom.